The van der Waals surface area contributed by atoms with Gasteiger partial charge in [0.1, 0.15) is 0 Å². The first kappa shape index (κ1) is 18.5. The summed E-state index contributed by atoms with van der Waals surface area (Å²) in [6, 6.07) is 0. The molecule has 0 fully saturated rings. The maximum Gasteiger partial charge on any atom is 2.00 e. The predicted octanol–water partition coefficient (Wildman–Crippen LogP) is -2.93. The Hall–Kier alpha value is 0.774. The van der Waals surface area contributed by atoms with Crippen LogP contribution in [0.5, 0.6) is 0 Å². The zero-order chi connectivity index (χ0) is 6.53. The van der Waals surface area contributed by atoms with Crippen LogP contribution < -0.4 is 24.8 Å². The first-order valence-corrected chi connectivity index (χ1v) is 3.78. The average molecular weight is 241 g/mol. The van der Waals surface area contributed by atoms with Crippen LogP contribution in [0.25, 0.3) is 0 Å². The van der Waals surface area contributed by atoms with Gasteiger partial charge in [-0.2, -0.15) is 0 Å². The number of halogens is 2. The number of unbranched alkanes of at least 4 members (excludes halogenated alkanes) is 1. The van der Waals surface area contributed by atoms with Gasteiger partial charge in [-0.3, -0.25) is 0 Å². The fourth-order valence-corrected chi connectivity index (χ4v) is 1.08. The Morgan fingerprint density at radius 3 is 2.42 bits per heavy atom. The molecule has 1 aliphatic rings. The molecule has 0 bridgehead atoms. The summed E-state index contributed by atoms with van der Waals surface area (Å²) in [7, 11) is 0. The van der Waals surface area contributed by atoms with Gasteiger partial charge in [0, 0.05) is 0 Å². The van der Waals surface area contributed by atoms with Crippen molar-refractivity contribution in [2.24, 2.45) is 0 Å². The van der Waals surface area contributed by atoms with Gasteiger partial charge in [0.2, 0.25) is 0 Å². The van der Waals surface area contributed by atoms with Gasteiger partial charge >= 0.3 is 21.7 Å². The second-order valence-electron chi connectivity index (χ2n) is 2.56. The summed E-state index contributed by atoms with van der Waals surface area (Å²) in [5.74, 6) is 0. The van der Waals surface area contributed by atoms with Crippen molar-refractivity contribution in [2.75, 3.05) is 0 Å². The second kappa shape index (κ2) is 11.8. The number of hydrogen-bond donors (Lipinski definition) is 0. The van der Waals surface area contributed by atoms with Crippen LogP contribution in [-0.2, 0) is 21.7 Å². The molecule has 0 amide bonds. The molecule has 0 aliphatic heterocycles. The van der Waals surface area contributed by atoms with Crippen molar-refractivity contribution in [3.05, 3.63) is 23.8 Å². The first-order valence-electron chi connectivity index (χ1n) is 3.78. The van der Waals surface area contributed by atoms with Crippen molar-refractivity contribution >= 4 is 0 Å². The van der Waals surface area contributed by atoms with Crippen LogP contribution in [0.15, 0.2) is 23.8 Å². The minimum absolute atomic E-state index is 0. The molecule has 0 N–H and O–H groups in total. The summed E-state index contributed by atoms with van der Waals surface area (Å²) in [6.07, 6.45) is 11.8. The van der Waals surface area contributed by atoms with Gasteiger partial charge in [-0.25, -0.2) is 0 Å². The van der Waals surface area contributed by atoms with Crippen LogP contribution in [0.2, 0.25) is 0 Å². The molecule has 0 heterocycles. The molecule has 0 saturated carbocycles. The van der Waals surface area contributed by atoms with Crippen LogP contribution >= 0.6 is 0 Å². The smallest absolute Gasteiger partial charge is 1.00 e. The van der Waals surface area contributed by atoms with E-state index in [1.165, 1.54) is 25.7 Å². The van der Waals surface area contributed by atoms with Crippen LogP contribution in [0.3, 0.4) is 0 Å². The Morgan fingerprint density at radius 1 is 1.33 bits per heavy atom. The van der Waals surface area contributed by atoms with E-state index in [-0.39, 0.29) is 46.5 Å². The molecule has 0 spiro atoms. The van der Waals surface area contributed by atoms with Gasteiger partial charge in [-0.1, -0.05) is 37.1 Å². The van der Waals surface area contributed by atoms with E-state index in [2.05, 4.69) is 25.2 Å². The molecule has 0 aromatic heterocycles. The molecular weight excluding hydrogens is 227 g/mol. The molecule has 0 unspecified atom stereocenters. The molecule has 3 heteroatoms. The third-order valence-corrected chi connectivity index (χ3v) is 1.70. The molecule has 68 valence electrons. The van der Waals surface area contributed by atoms with Gasteiger partial charge in [0.25, 0.3) is 0 Å². The molecule has 0 aromatic carbocycles. The molecule has 0 aromatic rings. The zero-order valence-corrected chi connectivity index (χ0v) is 10.4. The van der Waals surface area contributed by atoms with E-state index in [9.17, 15) is 0 Å². The van der Waals surface area contributed by atoms with Crippen LogP contribution in [-0.4, -0.2) is 0 Å². The van der Waals surface area contributed by atoms with Crippen LogP contribution in [0.4, 0.5) is 0 Å². The van der Waals surface area contributed by atoms with Gasteiger partial charge in [-0.15, -0.1) is 0 Å². The SMILES string of the molecule is CCCCC1=CC=CC1.[Cl-].[Cl-].[Ti+2]. The Morgan fingerprint density at radius 2 is 2.00 bits per heavy atom. The summed E-state index contributed by atoms with van der Waals surface area (Å²) in [6.45, 7) is 2.24. The Balaban J connectivity index is -0.000000270. The number of rotatable bonds is 3. The number of allylic oxidation sites excluding steroid dienone is 4. The monoisotopic (exact) mass is 240 g/mol. The minimum Gasteiger partial charge on any atom is -1.00 e. The average Bonchev–Trinajstić information content (AvgIpc) is 2.34. The van der Waals surface area contributed by atoms with E-state index in [1.807, 2.05) is 0 Å². The van der Waals surface area contributed by atoms with Gasteiger partial charge in [0.05, 0.1) is 0 Å². The third kappa shape index (κ3) is 7.42. The van der Waals surface area contributed by atoms with Crippen LogP contribution in [0.1, 0.15) is 32.6 Å². The number of hydrogen-bond acceptors (Lipinski definition) is 0. The molecule has 0 atom stereocenters. The van der Waals surface area contributed by atoms with Gasteiger partial charge in [-0.05, 0) is 19.3 Å². The van der Waals surface area contributed by atoms with E-state index in [1.54, 1.807) is 5.57 Å². The van der Waals surface area contributed by atoms with Gasteiger partial charge in [0.15, 0.2) is 0 Å². The van der Waals surface area contributed by atoms with Crippen molar-refractivity contribution in [3.63, 3.8) is 0 Å². The molecule has 1 rings (SSSR count). The van der Waals surface area contributed by atoms with E-state index in [0.717, 1.165) is 0 Å². The molecule has 12 heavy (non-hydrogen) atoms. The summed E-state index contributed by atoms with van der Waals surface area (Å²) >= 11 is 0. The summed E-state index contributed by atoms with van der Waals surface area (Å²) in [5, 5.41) is 0. The maximum absolute atomic E-state index is 2.25. The Bertz CT molecular complexity index is 141. The summed E-state index contributed by atoms with van der Waals surface area (Å²) < 4.78 is 0. The van der Waals surface area contributed by atoms with E-state index < -0.39 is 0 Å². The zero-order valence-electron chi connectivity index (χ0n) is 7.32. The van der Waals surface area contributed by atoms with Crippen molar-refractivity contribution in [2.45, 2.75) is 32.6 Å². The summed E-state index contributed by atoms with van der Waals surface area (Å²) in [4.78, 5) is 0. The van der Waals surface area contributed by atoms with E-state index >= 15 is 0 Å². The first-order chi connectivity index (χ1) is 4.43. The molecule has 0 radical (unpaired) electrons. The van der Waals surface area contributed by atoms with Crippen molar-refractivity contribution in [1.29, 1.82) is 0 Å². The Labute approximate surface area is 103 Å². The van der Waals surface area contributed by atoms with Gasteiger partial charge < -0.3 is 24.8 Å². The van der Waals surface area contributed by atoms with Crippen LogP contribution in [0, 0.1) is 0 Å². The van der Waals surface area contributed by atoms with Crippen molar-refractivity contribution in [3.8, 4) is 0 Å². The predicted molar refractivity (Wildman–Crippen MR) is 41.4 cm³/mol. The second-order valence-corrected chi connectivity index (χ2v) is 2.56. The molecule has 1 aliphatic carbocycles. The minimum atomic E-state index is 0. The maximum atomic E-state index is 2.25. The topological polar surface area (TPSA) is 0 Å². The molecule has 0 saturated heterocycles. The van der Waals surface area contributed by atoms with E-state index in [4.69, 9.17) is 0 Å². The van der Waals surface area contributed by atoms with Crippen molar-refractivity contribution in [1.82, 2.24) is 0 Å². The Kier molecular flexibility index (Phi) is 18.2. The normalized spacial score (nSPS) is 12.2. The third-order valence-electron chi connectivity index (χ3n) is 1.70. The standard InChI is InChI=1S/C9H14.2ClH.Ti/c1-2-3-6-9-7-4-5-8-9;;;/h4-5,7H,2-3,6,8H2,1H3;2*1H;/q;;;+2/p-2. The fourth-order valence-electron chi connectivity index (χ4n) is 1.08. The molecule has 0 nitrogen and oxygen atoms in total. The summed E-state index contributed by atoms with van der Waals surface area (Å²) in [5.41, 5.74) is 1.61. The van der Waals surface area contributed by atoms with Crippen molar-refractivity contribution < 1.29 is 46.5 Å². The molecular formula is C9H14Cl2Ti. The quantitative estimate of drug-likeness (QED) is 0.464. The largest absolute Gasteiger partial charge is 2.00 e. The van der Waals surface area contributed by atoms with E-state index in [0.29, 0.717) is 0 Å². The fraction of sp³-hybridized carbons (Fsp3) is 0.556.